The molecule has 0 fully saturated rings. The van der Waals surface area contributed by atoms with E-state index in [0.717, 1.165) is 122 Å². The molecule has 0 aliphatic heterocycles. The number of rotatable bonds is 14. The van der Waals surface area contributed by atoms with Gasteiger partial charge in [-0.2, -0.15) is 42.1 Å². The van der Waals surface area contributed by atoms with Crippen LogP contribution in [-0.4, -0.2) is 39.0 Å². The van der Waals surface area contributed by atoms with Crippen molar-refractivity contribution in [2.75, 3.05) is 0 Å². The Morgan fingerprint density at radius 3 is 0.583 bits per heavy atom. The van der Waals surface area contributed by atoms with Crippen LogP contribution in [0.5, 0.6) is 0 Å². The number of hydrogen-bond acceptors (Lipinski definition) is 14. The lowest BCUT2D eigenvalue weighted by Gasteiger charge is -2.16. The van der Waals surface area contributed by atoms with Gasteiger partial charge in [-0.3, -0.25) is 0 Å². The first kappa shape index (κ1) is 72.1. The Balaban J connectivity index is 0.864. The van der Waals surface area contributed by atoms with Gasteiger partial charge in [0.2, 0.25) is 0 Å². The minimum Gasteiger partial charge on any atom is -0.309 e. The maximum atomic E-state index is 10.2. The van der Waals surface area contributed by atoms with E-state index < -0.39 is 0 Å². The molecule has 16 nitrogen and oxygen atoms in total. The topological polar surface area (TPSA) is 278 Å². The maximum absolute atomic E-state index is 10.2. The van der Waals surface area contributed by atoms with Crippen LogP contribution < -0.4 is 0 Å². The van der Waals surface area contributed by atoms with Crippen LogP contribution in [0.4, 0.5) is 0 Å². The second-order valence-electron chi connectivity index (χ2n) is 28.9. The van der Waals surface area contributed by atoms with Crippen LogP contribution >= 0.6 is 0 Å². The largest absolute Gasteiger partial charge is 0.309 e. The van der Waals surface area contributed by atoms with Gasteiger partial charge in [0.25, 0.3) is 0 Å². The molecule has 0 saturated carbocycles. The molecule has 19 aromatic rings. The first-order chi connectivity index (χ1) is 58.9. The van der Waals surface area contributed by atoms with Crippen molar-refractivity contribution in [1.82, 2.24) is 39.0 Å². The van der Waals surface area contributed by atoms with Gasteiger partial charge < -0.3 is 9.13 Å². The zero-order chi connectivity index (χ0) is 81.5. The zero-order valence-corrected chi connectivity index (χ0v) is 63.3. The highest BCUT2D eigenvalue weighted by Crippen LogP contribution is 2.44. The number of fused-ring (bicyclic) bond motifs is 6. The van der Waals surface area contributed by atoms with Gasteiger partial charge in [-0.05, 0) is 231 Å². The summed E-state index contributed by atoms with van der Waals surface area (Å²) in [6.45, 7) is 0. The highest BCUT2D eigenvalue weighted by atomic mass is 15.1. The number of hydrogen-bond donors (Lipinski definition) is 0. The van der Waals surface area contributed by atoms with Crippen LogP contribution in [0.25, 0.3) is 190 Å². The number of benzene rings is 15. The van der Waals surface area contributed by atoms with E-state index in [1.165, 1.54) is 0 Å². The van der Waals surface area contributed by atoms with Crippen molar-refractivity contribution in [3.05, 3.63) is 372 Å². The molecule has 0 saturated heterocycles. The molecule has 0 amide bonds. The average molecular weight is 1530 g/mol. The summed E-state index contributed by atoms with van der Waals surface area (Å²) in [6, 6.07) is 123. The Bertz CT molecular complexity index is 6910. The minimum absolute atomic E-state index is 0.341. The van der Waals surface area contributed by atoms with Crippen molar-refractivity contribution >= 4 is 43.6 Å². The van der Waals surface area contributed by atoms with Crippen LogP contribution in [0, 0.1) is 90.6 Å². The molecule has 19 rings (SSSR count). The van der Waals surface area contributed by atoms with E-state index in [0.29, 0.717) is 113 Å². The summed E-state index contributed by atoms with van der Waals surface area (Å²) in [5.74, 6) is 2.67. The monoisotopic (exact) mass is 1530 g/mol. The van der Waals surface area contributed by atoms with Crippen molar-refractivity contribution in [2.24, 2.45) is 0 Å². The Kier molecular flexibility index (Phi) is 18.3. The molecule has 4 aromatic heterocycles. The Morgan fingerprint density at radius 2 is 0.350 bits per heavy atom. The van der Waals surface area contributed by atoms with Gasteiger partial charge in [-0.1, -0.05) is 164 Å². The smallest absolute Gasteiger partial charge is 0.164 e. The van der Waals surface area contributed by atoms with E-state index in [1.54, 1.807) is 72.8 Å². The predicted octanol–water partition coefficient (Wildman–Crippen LogP) is 23.2. The molecule has 120 heavy (non-hydrogen) atoms. The second-order valence-corrected chi connectivity index (χ2v) is 28.9. The summed E-state index contributed by atoms with van der Waals surface area (Å²) in [4.78, 5) is 31.6. The zero-order valence-electron chi connectivity index (χ0n) is 63.3. The molecule has 16 heteroatoms. The highest BCUT2D eigenvalue weighted by Gasteiger charge is 2.24. The van der Waals surface area contributed by atoms with Crippen molar-refractivity contribution in [3.8, 4) is 195 Å². The molecular formula is C104H54N16. The highest BCUT2D eigenvalue weighted by molar-refractivity contribution is 6.13. The first-order valence-corrected chi connectivity index (χ1v) is 38.1. The summed E-state index contributed by atoms with van der Waals surface area (Å²) < 4.78 is 4.42. The molecule has 0 atom stereocenters. The normalized spacial score (nSPS) is 10.9. The molecule has 15 aromatic carbocycles. The quantitative estimate of drug-likeness (QED) is 0.0979. The van der Waals surface area contributed by atoms with Gasteiger partial charge in [0.05, 0.1) is 115 Å². The van der Waals surface area contributed by atoms with E-state index in [2.05, 4.69) is 137 Å². The van der Waals surface area contributed by atoms with E-state index >= 15 is 0 Å². The summed E-state index contributed by atoms with van der Waals surface area (Å²) in [5, 5.41) is 85.2. The van der Waals surface area contributed by atoms with Crippen LogP contribution in [0.1, 0.15) is 44.5 Å². The van der Waals surface area contributed by atoms with Crippen LogP contribution in [0.2, 0.25) is 0 Å². The molecular weight excluding hydrogens is 1470 g/mol. The summed E-state index contributed by atoms with van der Waals surface area (Å²) in [7, 11) is 0. The molecule has 0 aliphatic rings. The third kappa shape index (κ3) is 13.6. The lowest BCUT2D eigenvalue weighted by molar-refractivity contribution is 1.07. The molecule has 0 radical (unpaired) electrons. The van der Waals surface area contributed by atoms with Gasteiger partial charge in [-0.25, -0.2) is 29.9 Å². The SMILES string of the molecule is N#Cc1cc(C#N)cc(-c2ccc3c(c2)c2cc(-c4cc(C#N)cc(C#N)c4)ccc2n3-c2cc(-c3cccc(-c4cc(-c5nc(-c6ccccc6)nc(-c6ccccc6)n5)cc(-n5c6ccc(-c7cc(C#N)cc(C#N)c7)cc6c6cc(-c7cc(C#N)cc(C#N)c7)ccc65)c4)c3)cc(-c3nc(-c4ccccc4)nc(-c4ccccc4)n3)c2)c1. The number of aromatic nitrogens is 8. The third-order valence-corrected chi connectivity index (χ3v) is 21.4. The van der Waals surface area contributed by atoms with Gasteiger partial charge >= 0.3 is 0 Å². The fourth-order valence-corrected chi connectivity index (χ4v) is 15.8. The molecule has 550 valence electrons. The predicted molar refractivity (Wildman–Crippen MR) is 465 cm³/mol. The van der Waals surface area contributed by atoms with Crippen molar-refractivity contribution in [2.45, 2.75) is 0 Å². The van der Waals surface area contributed by atoms with Gasteiger partial charge in [0, 0.05) is 66.3 Å². The molecule has 0 bridgehead atoms. The van der Waals surface area contributed by atoms with E-state index in [4.69, 9.17) is 29.9 Å². The Morgan fingerprint density at radius 1 is 0.158 bits per heavy atom. The minimum atomic E-state index is 0.341. The Labute approximate surface area is 687 Å². The van der Waals surface area contributed by atoms with Crippen LogP contribution in [0.3, 0.4) is 0 Å². The van der Waals surface area contributed by atoms with E-state index in [-0.39, 0.29) is 0 Å². The molecule has 0 N–H and O–H groups in total. The van der Waals surface area contributed by atoms with Gasteiger partial charge in [0.1, 0.15) is 0 Å². The van der Waals surface area contributed by atoms with Crippen LogP contribution in [-0.2, 0) is 0 Å². The molecule has 4 heterocycles. The maximum Gasteiger partial charge on any atom is 0.164 e. The van der Waals surface area contributed by atoms with E-state index in [9.17, 15) is 42.1 Å². The molecule has 0 unspecified atom stereocenters. The van der Waals surface area contributed by atoms with E-state index in [1.807, 2.05) is 176 Å². The third-order valence-electron chi connectivity index (χ3n) is 21.4. The first-order valence-electron chi connectivity index (χ1n) is 38.1. The van der Waals surface area contributed by atoms with Crippen molar-refractivity contribution in [3.63, 3.8) is 0 Å². The van der Waals surface area contributed by atoms with Gasteiger partial charge in [0.15, 0.2) is 34.9 Å². The number of nitriles is 8. The van der Waals surface area contributed by atoms with Crippen molar-refractivity contribution in [1.29, 1.82) is 42.1 Å². The molecule has 0 aliphatic carbocycles. The second kappa shape index (κ2) is 30.4. The van der Waals surface area contributed by atoms with Crippen molar-refractivity contribution < 1.29 is 0 Å². The standard InChI is InChI=1S/C104H54N16/c105-55-63-32-64(56-106)37-81(36-63)77-24-28-95-91(51-77)92-52-78(82-38-65(57-107)33-66(39-82)58-108)25-29-96(92)119(95)89-47-85(45-87(49-89)103-115-99(71-14-5-1-6-15-71)113-100(116-103)72-16-7-2-8-17-72)75-22-13-23-76(44-75)86-46-88(104-117-101(73-18-9-3-10-19-73)114-102(118-104)74-20-11-4-12-21-74)50-90(48-86)120-97-30-26-79(83-40-67(59-109)34-68(41-83)60-110)53-93(97)94-54-80(27-31-98(94)120)84-42-69(61-111)35-70(43-84)62-112/h1-54H. The fraction of sp³-hybridized carbons (Fsp3) is 0. The van der Waals surface area contributed by atoms with Gasteiger partial charge in [-0.15, -0.1) is 0 Å². The molecule has 0 spiro atoms. The summed E-state index contributed by atoms with van der Waals surface area (Å²) in [6.07, 6.45) is 0. The summed E-state index contributed by atoms with van der Waals surface area (Å²) >= 11 is 0. The average Bonchev–Trinajstić information content (AvgIpc) is 1.57. The Hall–Kier alpha value is -18.2. The van der Waals surface area contributed by atoms with Crippen LogP contribution in [0.15, 0.2) is 328 Å². The number of nitrogens with zero attached hydrogens (tertiary/aromatic N) is 16. The lowest BCUT2D eigenvalue weighted by atomic mass is 9.95. The fourth-order valence-electron chi connectivity index (χ4n) is 15.8. The lowest BCUT2D eigenvalue weighted by Crippen LogP contribution is -2.02. The summed E-state index contributed by atoms with van der Waals surface area (Å²) in [5.41, 5.74) is 20.9.